The molecule has 8 heteroatoms. The van der Waals surface area contributed by atoms with E-state index in [0.29, 0.717) is 11.3 Å². The van der Waals surface area contributed by atoms with Crippen LogP contribution < -0.4 is 9.73 Å². The Hall–Kier alpha value is -3.52. The third kappa shape index (κ3) is 5.39. The van der Waals surface area contributed by atoms with E-state index in [0.717, 1.165) is 21.0 Å². The van der Waals surface area contributed by atoms with Gasteiger partial charge in [0.25, 0.3) is 15.9 Å². The second-order valence-corrected chi connectivity index (χ2v) is 9.25. The summed E-state index contributed by atoms with van der Waals surface area (Å²) in [6.07, 6.45) is 1.36. The molecule has 0 aromatic heterocycles. The quantitative estimate of drug-likeness (QED) is 0.432. The zero-order valence-corrected chi connectivity index (χ0v) is 18.9. The van der Waals surface area contributed by atoms with E-state index in [1.165, 1.54) is 42.6 Å². The van der Waals surface area contributed by atoms with Crippen LogP contribution >= 0.6 is 0 Å². The van der Waals surface area contributed by atoms with Crippen molar-refractivity contribution in [3.05, 3.63) is 94.8 Å². The highest BCUT2D eigenvalue weighted by Gasteiger charge is 2.28. The Morgan fingerprint density at radius 1 is 1.00 bits per heavy atom. The largest absolute Gasteiger partial charge is 0.271 e. The van der Waals surface area contributed by atoms with Gasteiger partial charge in [0.1, 0.15) is 12.4 Å². The van der Waals surface area contributed by atoms with Crippen molar-refractivity contribution < 1.29 is 17.6 Å². The van der Waals surface area contributed by atoms with Gasteiger partial charge in [-0.1, -0.05) is 42.0 Å². The van der Waals surface area contributed by atoms with Crippen LogP contribution in [0.5, 0.6) is 0 Å². The molecule has 0 atom stereocenters. The normalized spacial score (nSPS) is 11.5. The molecule has 0 unspecified atom stereocenters. The Morgan fingerprint density at radius 2 is 1.66 bits per heavy atom. The molecule has 0 bridgehead atoms. The molecule has 0 saturated carbocycles. The number of hydrogen-bond donors (Lipinski definition) is 1. The molecule has 1 N–H and O–H groups in total. The molecular weight excluding hydrogens is 429 g/mol. The number of anilines is 1. The molecule has 0 heterocycles. The Labute approximate surface area is 187 Å². The summed E-state index contributed by atoms with van der Waals surface area (Å²) in [6.45, 7) is 5.10. The highest BCUT2D eigenvalue weighted by atomic mass is 32.2. The summed E-state index contributed by atoms with van der Waals surface area (Å²) in [5.41, 5.74) is 5.94. The number of hydrogen-bond acceptors (Lipinski definition) is 4. The number of nitrogens with zero attached hydrogens (tertiary/aromatic N) is 2. The van der Waals surface area contributed by atoms with Crippen molar-refractivity contribution in [1.29, 1.82) is 0 Å². The standard InChI is InChI=1S/C24H24FN3O3S/c1-17-7-13-22(14-8-17)32(30,31)28(23-6-4-5-18(2)19(23)3)16-24(29)27-26-15-20-9-11-21(25)12-10-20/h4-15H,16H2,1-3H3,(H,27,29)/b26-15-. The number of rotatable bonds is 7. The Morgan fingerprint density at radius 3 is 2.31 bits per heavy atom. The van der Waals surface area contributed by atoms with Crippen LogP contribution in [-0.4, -0.2) is 27.1 Å². The third-order valence-electron chi connectivity index (χ3n) is 5.01. The molecule has 0 spiro atoms. The zero-order chi connectivity index (χ0) is 23.3. The Balaban J connectivity index is 1.89. The molecule has 6 nitrogen and oxygen atoms in total. The molecule has 3 aromatic rings. The third-order valence-corrected chi connectivity index (χ3v) is 6.79. The van der Waals surface area contributed by atoms with Gasteiger partial charge in [-0.2, -0.15) is 5.10 Å². The maximum Gasteiger partial charge on any atom is 0.264 e. The van der Waals surface area contributed by atoms with E-state index in [4.69, 9.17) is 0 Å². The number of aryl methyl sites for hydroxylation is 2. The van der Waals surface area contributed by atoms with Crippen LogP contribution in [0.3, 0.4) is 0 Å². The van der Waals surface area contributed by atoms with E-state index in [1.807, 2.05) is 26.8 Å². The summed E-state index contributed by atoms with van der Waals surface area (Å²) in [4.78, 5) is 12.7. The Bertz CT molecular complexity index is 1240. The lowest BCUT2D eigenvalue weighted by Crippen LogP contribution is -2.40. The van der Waals surface area contributed by atoms with Gasteiger partial charge in [0.15, 0.2) is 0 Å². The van der Waals surface area contributed by atoms with Gasteiger partial charge in [0.2, 0.25) is 0 Å². The monoisotopic (exact) mass is 453 g/mol. The summed E-state index contributed by atoms with van der Waals surface area (Å²) >= 11 is 0. The summed E-state index contributed by atoms with van der Waals surface area (Å²) in [5.74, 6) is -0.989. The number of amides is 1. The highest BCUT2D eigenvalue weighted by Crippen LogP contribution is 2.28. The fraction of sp³-hybridized carbons (Fsp3) is 0.167. The first-order chi connectivity index (χ1) is 15.2. The zero-order valence-electron chi connectivity index (χ0n) is 18.0. The van der Waals surface area contributed by atoms with E-state index < -0.39 is 22.5 Å². The van der Waals surface area contributed by atoms with E-state index in [-0.39, 0.29) is 10.7 Å². The van der Waals surface area contributed by atoms with Crippen LogP contribution in [0.15, 0.2) is 76.7 Å². The number of halogens is 1. The van der Waals surface area contributed by atoms with E-state index in [1.54, 1.807) is 24.3 Å². The van der Waals surface area contributed by atoms with Crippen molar-refractivity contribution >= 4 is 27.8 Å². The average molecular weight is 454 g/mol. The van der Waals surface area contributed by atoms with E-state index >= 15 is 0 Å². The first-order valence-corrected chi connectivity index (χ1v) is 11.4. The lowest BCUT2D eigenvalue weighted by atomic mass is 10.1. The molecule has 1 amide bonds. The minimum Gasteiger partial charge on any atom is -0.271 e. The van der Waals surface area contributed by atoms with Crippen LogP contribution in [0.4, 0.5) is 10.1 Å². The maximum absolute atomic E-state index is 13.4. The summed E-state index contributed by atoms with van der Waals surface area (Å²) in [5, 5.41) is 3.86. The number of sulfonamides is 1. The van der Waals surface area contributed by atoms with Crippen molar-refractivity contribution in [3.8, 4) is 0 Å². The molecule has 0 fully saturated rings. The molecule has 0 radical (unpaired) electrons. The molecule has 3 rings (SSSR count). The number of benzene rings is 3. The lowest BCUT2D eigenvalue weighted by Gasteiger charge is -2.26. The van der Waals surface area contributed by atoms with Gasteiger partial charge in [-0.15, -0.1) is 0 Å². The number of nitrogens with one attached hydrogen (secondary N) is 1. The van der Waals surface area contributed by atoms with Crippen molar-refractivity contribution in [1.82, 2.24) is 5.43 Å². The number of carbonyl (C=O) groups excluding carboxylic acids is 1. The van der Waals surface area contributed by atoms with E-state index in [2.05, 4.69) is 10.5 Å². The molecule has 0 aliphatic carbocycles. The molecule has 0 saturated heterocycles. The molecular formula is C24H24FN3O3S. The minimum atomic E-state index is -4.01. The van der Waals surface area contributed by atoms with Crippen molar-refractivity contribution in [3.63, 3.8) is 0 Å². The van der Waals surface area contributed by atoms with Crippen LogP contribution in [0, 0.1) is 26.6 Å². The second-order valence-electron chi connectivity index (χ2n) is 7.39. The first kappa shape index (κ1) is 23.1. The first-order valence-electron chi connectivity index (χ1n) is 9.91. The van der Waals surface area contributed by atoms with E-state index in [9.17, 15) is 17.6 Å². The van der Waals surface area contributed by atoms with Crippen LogP contribution in [0.2, 0.25) is 0 Å². The molecule has 0 aliphatic rings. The molecule has 166 valence electrons. The predicted octanol–water partition coefficient (Wildman–Crippen LogP) is 4.10. The highest BCUT2D eigenvalue weighted by molar-refractivity contribution is 7.92. The van der Waals surface area contributed by atoms with Gasteiger partial charge < -0.3 is 0 Å². The van der Waals surface area contributed by atoms with Gasteiger partial charge in [-0.25, -0.2) is 18.2 Å². The lowest BCUT2D eigenvalue weighted by molar-refractivity contribution is -0.119. The second kappa shape index (κ2) is 9.74. The van der Waals surface area contributed by atoms with Crippen LogP contribution in [0.25, 0.3) is 0 Å². The molecule has 32 heavy (non-hydrogen) atoms. The predicted molar refractivity (Wildman–Crippen MR) is 124 cm³/mol. The summed E-state index contributed by atoms with van der Waals surface area (Å²) in [7, 11) is -4.01. The van der Waals surface area contributed by atoms with Crippen LogP contribution in [-0.2, 0) is 14.8 Å². The van der Waals surface area contributed by atoms with Gasteiger partial charge in [0, 0.05) is 0 Å². The SMILES string of the molecule is Cc1ccc(S(=O)(=O)N(CC(=O)N/N=C\c2ccc(F)cc2)c2cccc(C)c2C)cc1. The summed E-state index contributed by atoms with van der Waals surface area (Å²) < 4.78 is 41.0. The fourth-order valence-corrected chi connectivity index (χ4v) is 4.51. The van der Waals surface area contributed by atoms with Gasteiger partial charge in [-0.3, -0.25) is 9.10 Å². The van der Waals surface area contributed by atoms with Crippen molar-refractivity contribution in [2.45, 2.75) is 25.7 Å². The van der Waals surface area contributed by atoms with Crippen LogP contribution in [0.1, 0.15) is 22.3 Å². The Kier molecular flexibility index (Phi) is 7.05. The minimum absolute atomic E-state index is 0.0895. The number of carbonyl (C=O) groups is 1. The fourth-order valence-electron chi connectivity index (χ4n) is 3.04. The average Bonchev–Trinajstić information content (AvgIpc) is 2.76. The van der Waals surface area contributed by atoms with Gasteiger partial charge in [0.05, 0.1) is 16.8 Å². The van der Waals surface area contributed by atoms with Crippen molar-refractivity contribution in [2.24, 2.45) is 5.10 Å². The summed E-state index contributed by atoms with van der Waals surface area (Å²) in [6, 6.07) is 17.3. The molecule has 3 aromatic carbocycles. The maximum atomic E-state index is 13.4. The van der Waals surface area contributed by atoms with Gasteiger partial charge in [-0.05, 0) is 67.8 Å². The topological polar surface area (TPSA) is 78.8 Å². The van der Waals surface area contributed by atoms with Crippen molar-refractivity contribution in [2.75, 3.05) is 10.8 Å². The number of hydrazone groups is 1. The van der Waals surface area contributed by atoms with Gasteiger partial charge >= 0.3 is 0 Å². The smallest absolute Gasteiger partial charge is 0.264 e. The molecule has 0 aliphatic heterocycles.